The summed E-state index contributed by atoms with van der Waals surface area (Å²) in [5.74, 6) is 0.883. The summed E-state index contributed by atoms with van der Waals surface area (Å²) in [7, 11) is 0. The van der Waals surface area contributed by atoms with E-state index >= 15 is 0 Å². The van der Waals surface area contributed by atoms with Gasteiger partial charge in [-0.05, 0) is 36.1 Å². The summed E-state index contributed by atoms with van der Waals surface area (Å²) in [6.07, 6.45) is 7.10. The Morgan fingerprint density at radius 2 is 1.70 bits per heavy atom. The van der Waals surface area contributed by atoms with E-state index in [9.17, 15) is 0 Å². The van der Waals surface area contributed by atoms with Gasteiger partial charge in [-0.1, -0.05) is 55.3 Å². The lowest BCUT2D eigenvalue weighted by Gasteiger charge is -2.15. The normalized spacial score (nSPS) is 15.6. The molecule has 1 heterocycles. The Hall–Kier alpha value is -2.29. The number of benzene rings is 2. The van der Waals surface area contributed by atoms with Crippen molar-refractivity contribution in [2.45, 2.75) is 32.3 Å². The molecule has 0 saturated carbocycles. The first-order valence-corrected chi connectivity index (χ1v) is 8.46. The smallest absolute Gasteiger partial charge is 0.120 e. The molecule has 1 saturated heterocycles. The molecule has 0 unspecified atom stereocenters. The van der Waals surface area contributed by atoms with Gasteiger partial charge in [0.2, 0.25) is 0 Å². The van der Waals surface area contributed by atoms with Gasteiger partial charge in [-0.3, -0.25) is 5.01 Å². The van der Waals surface area contributed by atoms with Crippen LogP contribution >= 0.6 is 0 Å². The van der Waals surface area contributed by atoms with Gasteiger partial charge in [0.25, 0.3) is 0 Å². The predicted octanol–water partition coefficient (Wildman–Crippen LogP) is 4.48. The van der Waals surface area contributed by atoms with Crippen molar-refractivity contribution in [2.24, 2.45) is 5.10 Å². The lowest BCUT2D eigenvalue weighted by Crippen LogP contribution is -2.18. The van der Waals surface area contributed by atoms with Gasteiger partial charge in [0.05, 0.1) is 6.21 Å². The van der Waals surface area contributed by atoms with Crippen LogP contribution in [-0.4, -0.2) is 24.3 Å². The first kappa shape index (κ1) is 15.6. The first-order valence-electron chi connectivity index (χ1n) is 8.46. The Morgan fingerprint density at radius 1 is 0.913 bits per heavy atom. The molecule has 0 aromatic heterocycles. The Kier molecular flexibility index (Phi) is 5.68. The minimum atomic E-state index is 0.591. The molecule has 0 amide bonds. The molecule has 0 atom stereocenters. The van der Waals surface area contributed by atoms with Crippen molar-refractivity contribution in [3.63, 3.8) is 0 Å². The van der Waals surface area contributed by atoms with Gasteiger partial charge in [-0.2, -0.15) is 5.10 Å². The first-order chi connectivity index (χ1) is 11.4. The quantitative estimate of drug-likeness (QED) is 0.761. The molecule has 0 spiro atoms. The van der Waals surface area contributed by atoms with Crippen molar-refractivity contribution in [3.05, 3.63) is 65.7 Å². The molecule has 3 rings (SSSR count). The second-order valence-corrected chi connectivity index (χ2v) is 5.96. The number of rotatable bonds is 5. The maximum atomic E-state index is 5.87. The highest BCUT2D eigenvalue weighted by molar-refractivity contribution is 5.79. The van der Waals surface area contributed by atoms with Crippen molar-refractivity contribution < 1.29 is 4.74 Å². The molecule has 3 heteroatoms. The molecule has 2 aromatic rings. The molecule has 1 aliphatic rings. The van der Waals surface area contributed by atoms with Crippen molar-refractivity contribution in [3.8, 4) is 5.75 Å². The van der Waals surface area contributed by atoms with Crippen LogP contribution in [0.5, 0.6) is 5.75 Å². The van der Waals surface area contributed by atoms with Crippen LogP contribution in [-0.2, 0) is 6.61 Å². The van der Waals surface area contributed by atoms with Gasteiger partial charge in [-0.15, -0.1) is 0 Å². The van der Waals surface area contributed by atoms with Gasteiger partial charge in [-0.25, -0.2) is 0 Å². The fraction of sp³-hybridized carbons (Fsp3) is 0.350. The second-order valence-electron chi connectivity index (χ2n) is 5.96. The lowest BCUT2D eigenvalue weighted by molar-refractivity contribution is 0.302. The Bertz CT molecular complexity index is 617. The molecule has 0 aliphatic carbocycles. The average molecular weight is 308 g/mol. The Labute approximate surface area is 138 Å². The minimum absolute atomic E-state index is 0.591. The molecule has 3 nitrogen and oxygen atoms in total. The van der Waals surface area contributed by atoms with Gasteiger partial charge in [0.1, 0.15) is 12.4 Å². The summed E-state index contributed by atoms with van der Waals surface area (Å²) >= 11 is 0. The van der Waals surface area contributed by atoms with Crippen molar-refractivity contribution >= 4 is 6.21 Å². The minimum Gasteiger partial charge on any atom is -0.489 e. The second kappa shape index (κ2) is 8.37. The van der Waals surface area contributed by atoms with Crippen LogP contribution in [0.4, 0.5) is 0 Å². The van der Waals surface area contributed by atoms with E-state index in [1.165, 1.54) is 31.2 Å². The fourth-order valence-corrected chi connectivity index (χ4v) is 2.74. The zero-order valence-electron chi connectivity index (χ0n) is 13.5. The highest BCUT2D eigenvalue weighted by Gasteiger charge is 2.05. The van der Waals surface area contributed by atoms with Crippen molar-refractivity contribution in [1.29, 1.82) is 0 Å². The number of hydrogen-bond donors (Lipinski definition) is 0. The summed E-state index contributed by atoms with van der Waals surface area (Å²) in [4.78, 5) is 0. The molecular weight excluding hydrogens is 284 g/mol. The number of ether oxygens (including phenoxy) is 1. The zero-order chi connectivity index (χ0) is 15.7. The maximum Gasteiger partial charge on any atom is 0.120 e. The molecule has 120 valence electrons. The fourth-order valence-electron chi connectivity index (χ4n) is 2.74. The largest absolute Gasteiger partial charge is 0.489 e. The highest BCUT2D eigenvalue weighted by atomic mass is 16.5. The summed E-state index contributed by atoms with van der Waals surface area (Å²) in [5.41, 5.74) is 2.26. The van der Waals surface area contributed by atoms with Crippen molar-refractivity contribution in [2.75, 3.05) is 13.1 Å². The molecule has 0 radical (unpaired) electrons. The Balaban J connectivity index is 1.58. The summed E-state index contributed by atoms with van der Waals surface area (Å²) in [6, 6.07) is 18.3. The van der Waals surface area contributed by atoms with E-state index in [4.69, 9.17) is 4.74 Å². The van der Waals surface area contributed by atoms with Crippen LogP contribution in [0.25, 0.3) is 0 Å². The van der Waals surface area contributed by atoms with E-state index in [0.29, 0.717) is 6.61 Å². The van der Waals surface area contributed by atoms with Gasteiger partial charge < -0.3 is 4.74 Å². The van der Waals surface area contributed by atoms with Crippen LogP contribution in [0.1, 0.15) is 36.8 Å². The summed E-state index contributed by atoms with van der Waals surface area (Å²) in [6.45, 7) is 2.73. The lowest BCUT2D eigenvalue weighted by atomic mass is 10.2. The summed E-state index contributed by atoms with van der Waals surface area (Å²) < 4.78 is 5.87. The standard InChI is InChI=1S/C20H24N2O/c1-2-7-14-22(13-6-1)21-16-19-11-8-12-20(15-19)23-17-18-9-4-3-5-10-18/h3-5,8-12,15-16H,1-2,6-7,13-14,17H2/b21-16-. The third-order valence-corrected chi connectivity index (χ3v) is 4.06. The van der Waals surface area contributed by atoms with E-state index in [1.807, 2.05) is 42.6 Å². The van der Waals surface area contributed by atoms with Crippen LogP contribution in [0.2, 0.25) is 0 Å². The van der Waals surface area contributed by atoms with E-state index in [0.717, 1.165) is 24.4 Å². The van der Waals surface area contributed by atoms with E-state index in [2.05, 4.69) is 28.3 Å². The monoisotopic (exact) mass is 308 g/mol. The average Bonchev–Trinajstić information content (AvgIpc) is 2.88. The third kappa shape index (κ3) is 5.13. The van der Waals surface area contributed by atoms with Crippen LogP contribution < -0.4 is 4.74 Å². The molecule has 1 fully saturated rings. The Morgan fingerprint density at radius 3 is 2.48 bits per heavy atom. The van der Waals surface area contributed by atoms with Crippen molar-refractivity contribution in [1.82, 2.24) is 5.01 Å². The maximum absolute atomic E-state index is 5.87. The topological polar surface area (TPSA) is 24.8 Å². The van der Waals surface area contributed by atoms with E-state index < -0.39 is 0 Å². The molecule has 0 N–H and O–H groups in total. The third-order valence-electron chi connectivity index (χ3n) is 4.06. The number of hydrogen-bond acceptors (Lipinski definition) is 3. The van der Waals surface area contributed by atoms with Gasteiger partial charge in [0, 0.05) is 13.1 Å². The van der Waals surface area contributed by atoms with Gasteiger partial charge in [0.15, 0.2) is 0 Å². The number of nitrogens with zero attached hydrogens (tertiary/aromatic N) is 2. The summed E-state index contributed by atoms with van der Waals surface area (Å²) in [5, 5.41) is 6.81. The van der Waals surface area contributed by atoms with Crippen LogP contribution in [0.3, 0.4) is 0 Å². The van der Waals surface area contributed by atoms with Crippen LogP contribution in [0, 0.1) is 0 Å². The molecule has 1 aliphatic heterocycles. The molecule has 0 bridgehead atoms. The van der Waals surface area contributed by atoms with Gasteiger partial charge >= 0.3 is 0 Å². The number of hydrazone groups is 1. The molecule has 23 heavy (non-hydrogen) atoms. The molecular formula is C20H24N2O. The molecule has 2 aromatic carbocycles. The SMILES string of the molecule is C(=N/N1CCCCCC1)/c1cccc(OCc2ccccc2)c1. The van der Waals surface area contributed by atoms with E-state index in [1.54, 1.807) is 0 Å². The van der Waals surface area contributed by atoms with E-state index in [-0.39, 0.29) is 0 Å². The highest BCUT2D eigenvalue weighted by Crippen LogP contribution is 2.15. The predicted molar refractivity (Wildman–Crippen MR) is 94.9 cm³/mol. The zero-order valence-corrected chi connectivity index (χ0v) is 13.5. The van der Waals surface area contributed by atoms with Crippen LogP contribution in [0.15, 0.2) is 59.7 Å².